The van der Waals surface area contributed by atoms with E-state index < -0.39 is 16.7 Å². The first kappa shape index (κ1) is 17.9. The topological polar surface area (TPSA) is 120 Å². The van der Waals surface area contributed by atoms with E-state index in [4.69, 9.17) is 9.47 Å². The second-order valence-corrected chi connectivity index (χ2v) is 5.61. The average Bonchev–Trinajstić information content (AvgIpc) is 3.09. The van der Waals surface area contributed by atoms with Crippen molar-refractivity contribution in [1.29, 1.82) is 0 Å². The SMILES string of the molecule is CC(=O)N/C(=C\c1ccc2c(c1)OCO2)C(=O)Nc1ccc([N+](=O)[O-])cc1. The number of carbonyl (C=O) groups excluding carboxylic acids is 2. The third-order valence-corrected chi connectivity index (χ3v) is 3.60. The minimum atomic E-state index is -0.572. The predicted molar refractivity (Wildman–Crippen MR) is 96.1 cm³/mol. The van der Waals surface area contributed by atoms with Crippen molar-refractivity contribution >= 4 is 29.3 Å². The normalized spacial score (nSPS) is 12.4. The summed E-state index contributed by atoms with van der Waals surface area (Å²) in [6, 6.07) is 10.5. The summed E-state index contributed by atoms with van der Waals surface area (Å²) in [5, 5.41) is 15.8. The summed E-state index contributed by atoms with van der Waals surface area (Å²) in [6.45, 7) is 1.41. The van der Waals surface area contributed by atoms with Gasteiger partial charge >= 0.3 is 0 Å². The molecule has 0 atom stereocenters. The first-order chi connectivity index (χ1) is 12.9. The van der Waals surface area contributed by atoms with E-state index in [2.05, 4.69) is 10.6 Å². The third-order valence-electron chi connectivity index (χ3n) is 3.60. The number of non-ortho nitro benzene ring substituents is 1. The molecule has 2 aromatic carbocycles. The molecule has 9 heteroatoms. The zero-order valence-electron chi connectivity index (χ0n) is 14.2. The highest BCUT2D eigenvalue weighted by Gasteiger charge is 2.16. The molecule has 2 N–H and O–H groups in total. The molecule has 2 amide bonds. The van der Waals surface area contributed by atoms with Crippen molar-refractivity contribution in [3.63, 3.8) is 0 Å². The van der Waals surface area contributed by atoms with Gasteiger partial charge in [0.15, 0.2) is 11.5 Å². The maximum absolute atomic E-state index is 12.5. The molecular weight excluding hydrogens is 354 g/mol. The largest absolute Gasteiger partial charge is 0.454 e. The molecule has 0 saturated carbocycles. The van der Waals surface area contributed by atoms with E-state index in [0.29, 0.717) is 22.7 Å². The highest BCUT2D eigenvalue weighted by molar-refractivity contribution is 6.08. The smallest absolute Gasteiger partial charge is 0.272 e. The number of nitro benzene ring substituents is 1. The zero-order valence-corrected chi connectivity index (χ0v) is 14.2. The molecule has 0 saturated heterocycles. The Labute approximate surface area is 153 Å². The van der Waals surface area contributed by atoms with Crippen LogP contribution in [0.4, 0.5) is 11.4 Å². The van der Waals surface area contributed by atoms with Crippen LogP contribution in [0, 0.1) is 10.1 Å². The lowest BCUT2D eigenvalue weighted by atomic mass is 10.1. The van der Waals surface area contributed by atoms with E-state index in [1.807, 2.05) is 0 Å². The van der Waals surface area contributed by atoms with Gasteiger partial charge in [0.1, 0.15) is 5.70 Å². The summed E-state index contributed by atoms with van der Waals surface area (Å²) >= 11 is 0. The Hall–Kier alpha value is -3.88. The number of carbonyl (C=O) groups is 2. The van der Waals surface area contributed by atoms with Gasteiger partial charge in [-0.2, -0.15) is 0 Å². The fourth-order valence-corrected chi connectivity index (χ4v) is 2.38. The lowest BCUT2D eigenvalue weighted by Gasteiger charge is -2.10. The van der Waals surface area contributed by atoms with Gasteiger partial charge in [-0.25, -0.2) is 0 Å². The molecular formula is C18H15N3O6. The van der Waals surface area contributed by atoms with E-state index >= 15 is 0 Å². The quantitative estimate of drug-likeness (QED) is 0.474. The highest BCUT2D eigenvalue weighted by Crippen LogP contribution is 2.33. The molecule has 0 unspecified atom stereocenters. The summed E-state index contributed by atoms with van der Waals surface area (Å²) in [7, 11) is 0. The Morgan fingerprint density at radius 1 is 1.11 bits per heavy atom. The van der Waals surface area contributed by atoms with Gasteiger partial charge in [0.2, 0.25) is 12.7 Å². The first-order valence-corrected chi connectivity index (χ1v) is 7.87. The number of amides is 2. The standard InChI is InChI=1S/C18H15N3O6/c1-11(22)19-15(8-12-2-7-16-17(9-12)27-10-26-16)18(23)20-13-3-5-14(6-4-13)21(24)25/h2-9H,10H2,1H3,(H,19,22)(H,20,23)/b15-8-. The van der Waals surface area contributed by atoms with Gasteiger partial charge < -0.3 is 20.1 Å². The summed E-state index contributed by atoms with van der Waals surface area (Å²) < 4.78 is 10.5. The predicted octanol–water partition coefficient (Wildman–Crippen LogP) is 2.44. The number of benzene rings is 2. The van der Waals surface area contributed by atoms with Crippen LogP contribution < -0.4 is 20.1 Å². The maximum Gasteiger partial charge on any atom is 0.272 e. The van der Waals surface area contributed by atoms with Crippen molar-refractivity contribution in [3.8, 4) is 11.5 Å². The maximum atomic E-state index is 12.5. The van der Waals surface area contributed by atoms with Crippen LogP contribution in [0.25, 0.3) is 6.08 Å². The lowest BCUT2D eigenvalue weighted by Crippen LogP contribution is -2.28. The van der Waals surface area contributed by atoms with Gasteiger partial charge in [-0.15, -0.1) is 0 Å². The van der Waals surface area contributed by atoms with E-state index in [9.17, 15) is 19.7 Å². The van der Waals surface area contributed by atoms with E-state index in [0.717, 1.165) is 0 Å². The number of hydrogen-bond acceptors (Lipinski definition) is 6. The molecule has 27 heavy (non-hydrogen) atoms. The van der Waals surface area contributed by atoms with Crippen LogP contribution in [0.15, 0.2) is 48.2 Å². The molecule has 0 radical (unpaired) electrons. The number of fused-ring (bicyclic) bond motifs is 1. The zero-order chi connectivity index (χ0) is 19.4. The Balaban J connectivity index is 1.82. The van der Waals surface area contributed by atoms with E-state index in [1.165, 1.54) is 37.3 Å². The van der Waals surface area contributed by atoms with Crippen molar-refractivity contribution in [2.75, 3.05) is 12.1 Å². The van der Waals surface area contributed by atoms with Crippen LogP contribution in [0.5, 0.6) is 11.5 Å². The molecule has 0 aromatic heterocycles. The number of ether oxygens (including phenoxy) is 2. The average molecular weight is 369 g/mol. The molecule has 138 valence electrons. The molecule has 0 spiro atoms. The Kier molecular flexibility index (Phi) is 5.02. The molecule has 3 rings (SSSR count). The van der Waals surface area contributed by atoms with Crippen molar-refractivity contribution < 1.29 is 24.0 Å². The van der Waals surface area contributed by atoms with Gasteiger partial charge in [0.05, 0.1) is 4.92 Å². The number of nitrogens with zero attached hydrogens (tertiary/aromatic N) is 1. The van der Waals surface area contributed by atoms with Crippen LogP contribution in [0.3, 0.4) is 0 Å². The van der Waals surface area contributed by atoms with Crippen LogP contribution >= 0.6 is 0 Å². The number of nitro groups is 1. The van der Waals surface area contributed by atoms with E-state index in [-0.39, 0.29) is 18.2 Å². The van der Waals surface area contributed by atoms with Gasteiger partial charge in [0.25, 0.3) is 11.6 Å². The third kappa shape index (κ3) is 4.40. The van der Waals surface area contributed by atoms with Gasteiger partial charge in [0, 0.05) is 24.7 Å². The molecule has 1 aliphatic rings. The molecule has 1 heterocycles. The summed E-state index contributed by atoms with van der Waals surface area (Å²) in [5.74, 6) is 0.155. The number of anilines is 1. The number of rotatable bonds is 5. The summed E-state index contributed by atoms with van der Waals surface area (Å²) in [6.07, 6.45) is 1.49. The number of nitrogens with one attached hydrogen (secondary N) is 2. The first-order valence-electron chi connectivity index (χ1n) is 7.87. The second-order valence-electron chi connectivity index (χ2n) is 5.61. The van der Waals surface area contributed by atoms with Crippen molar-refractivity contribution in [1.82, 2.24) is 5.32 Å². The van der Waals surface area contributed by atoms with Gasteiger partial charge in [-0.05, 0) is 35.9 Å². The monoisotopic (exact) mass is 369 g/mol. The van der Waals surface area contributed by atoms with Crippen LogP contribution in [0.1, 0.15) is 12.5 Å². The van der Waals surface area contributed by atoms with Gasteiger partial charge in [-0.3, -0.25) is 19.7 Å². The Morgan fingerprint density at radius 2 is 1.81 bits per heavy atom. The highest BCUT2D eigenvalue weighted by atomic mass is 16.7. The van der Waals surface area contributed by atoms with Crippen LogP contribution in [0.2, 0.25) is 0 Å². The molecule has 2 aromatic rings. The van der Waals surface area contributed by atoms with Crippen LogP contribution in [-0.4, -0.2) is 23.5 Å². The fourth-order valence-electron chi connectivity index (χ4n) is 2.38. The van der Waals surface area contributed by atoms with E-state index in [1.54, 1.807) is 18.2 Å². The summed E-state index contributed by atoms with van der Waals surface area (Å²) in [4.78, 5) is 34.1. The second kappa shape index (κ2) is 7.56. The summed E-state index contributed by atoms with van der Waals surface area (Å²) in [5.41, 5.74) is 0.903. The minimum Gasteiger partial charge on any atom is -0.454 e. The van der Waals surface area contributed by atoms with Crippen molar-refractivity contribution in [3.05, 3.63) is 63.8 Å². The molecule has 0 bridgehead atoms. The fraction of sp³-hybridized carbons (Fsp3) is 0.111. The van der Waals surface area contributed by atoms with Crippen molar-refractivity contribution in [2.24, 2.45) is 0 Å². The van der Waals surface area contributed by atoms with Crippen molar-refractivity contribution in [2.45, 2.75) is 6.92 Å². The number of hydrogen-bond donors (Lipinski definition) is 2. The Morgan fingerprint density at radius 3 is 2.48 bits per heavy atom. The minimum absolute atomic E-state index is 0.0136. The van der Waals surface area contributed by atoms with Gasteiger partial charge in [-0.1, -0.05) is 6.07 Å². The molecule has 0 fully saturated rings. The molecule has 1 aliphatic heterocycles. The molecule has 0 aliphatic carbocycles. The molecule has 9 nitrogen and oxygen atoms in total. The van der Waals surface area contributed by atoms with Crippen LogP contribution in [-0.2, 0) is 9.59 Å². The lowest BCUT2D eigenvalue weighted by molar-refractivity contribution is -0.384. The Bertz CT molecular complexity index is 937.